The first-order chi connectivity index (χ1) is 14.8. The molecular formula is C28H25OP. The van der Waals surface area contributed by atoms with Crippen molar-refractivity contribution in [2.75, 3.05) is 6.61 Å². The van der Waals surface area contributed by atoms with Crippen LogP contribution in [0.1, 0.15) is 12.0 Å². The van der Waals surface area contributed by atoms with E-state index in [1.807, 2.05) is 0 Å². The van der Waals surface area contributed by atoms with Crippen LogP contribution >= 0.6 is 6.83 Å². The van der Waals surface area contributed by atoms with Crippen molar-refractivity contribution in [3.63, 3.8) is 0 Å². The summed E-state index contributed by atoms with van der Waals surface area (Å²) in [5, 5.41) is 4.00. The Bertz CT molecular complexity index is 1080. The molecule has 30 heavy (non-hydrogen) atoms. The molecule has 0 N–H and O–H groups in total. The fourth-order valence-electron chi connectivity index (χ4n) is 6.22. The van der Waals surface area contributed by atoms with Gasteiger partial charge in [-0.15, -0.1) is 0 Å². The van der Waals surface area contributed by atoms with Crippen LogP contribution in [0.5, 0.6) is 0 Å². The third-order valence-electron chi connectivity index (χ3n) is 7.39. The van der Waals surface area contributed by atoms with Gasteiger partial charge in [0.1, 0.15) is 0 Å². The van der Waals surface area contributed by atoms with Crippen molar-refractivity contribution < 1.29 is 4.52 Å². The zero-order chi connectivity index (χ0) is 20.1. The quantitative estimate of drug-likeness (QED) is 0.412. The fourth-order valence-corrected chi connectivity index (χ4v) is 13.9. The van der Waals surface area contributed by atoms with E-state index in [4.69, 9.17) is 4.52 Å². The molecule has 1 aliphatic carbocycles. The molecule has 2 atom stereocenters. The van der Waals surface area contributed by atoms with E-state index in [1.54, 1.807) is 0 Å². The summed E-state index contributed by atoms with van der Waals surface area (Å²) in [5.41, 5.74) is 1.42. The van der Waals surface area contributed by atoms with E-state index in [0.29, 0.717) is 5.92 Å². The normalized spacial score (nSPS) is 26.8. The Labute approximate surface area is 178 Å². The van der Waals surface area contributed by atoms with Crippen LogP contribution in [0.3, 0.4) is 0 Å². The molecule has 1 saturated carbocycles. The molecule has 0 radical (unpaired) electrons. The summed E-state index contributed by atoms with van der Waals surface area (Å²) in [6.07, 6.45) is 1.17. The molecule has 4 aromatic rings. The maximum absolute atomic E-state index is 7.34. The number of rotatable bonds is 4. The standard InChI is InChI=1S/C28H25OP/c1-5-13-23(14-6-1)28-21-24(28)22-29-30(28,25-15-7-2-8-16-25,26-17-9-3-10-18-26)27-19-11-4-12-20-27/h1-20,24H,21-22H2. The van der Waals surface area contributed by atoms with Crippen LogP contribution in [-0.2, 0) is 9.68 Å². The van der Waals surface area contributed by atoms with Gasteiger partial charge in [0.25, 0.3) is 0 Å². The zero-order valence-corrected chi connectivity index (χ0v) is 17.8. The molecule has 148 valence electrons. The number of fused-ring (bicyclic) bond motifs is 1. The van der Waals surface area contributed by atoms with Crippen molar-refractivity contribution in [3.05, 3.63) is 127 Å². The van der Waals surface area contributed by atoms with Crippen LogP contribution in [0.15, 0.2) is 121 Å². The van der Waals surface area contributed by atoms with Crippen LogP contribution in [0.25, 0.3) is 0 Å². The van der Waals surface area contributed by atoms with Gasteiger partial charge >= 0.3 is 178 Å². The summed E-state index contributed by atoms with van der Waals surface area (Å²) < 4.78 is 7.34. The van der Waals surface area contributed by atoms with E-state index >= 15 is 0 Å². The Morgan fingerprint density at radius 1 is 0.567 bits per heavy atom. The van der Waals surface area contributed by atoms with E-state index < -0.39 is 6.83 Å². The second-order valence-electron chi connectivity index (χ2n) is 8.53. The van der Waals surface area contributed by atoms with Crippen molar-refractivity contribution >= 4 is 22.7 Å². The third kappa shape index (κ3) is 1.95. The van der Waals surface area contributed by atoms with Crippen LogP contribution in [0.4, 0.5) is 0 Å². The molecule has 2 aliphatic rings. The van der Waals surface area contributed by atoms with Gasteiger partial charge in [-0.05, 0) is 0 Å². The first kappa shape index (κ1) is 18.1. The van der Waals surface area contributed by atoms with Gasteiger partial charge < -0.3 is 0 Å². The minimum atomic E-state index is -3.26. The van der Waals surface area contributed by atoms with Crippen molar-refractivity contribution in [1.82, 2.24) is 0 Å². The van der Waals surface area contributed by atoms with E-state index in [0.717, 1.165) is 6.61 Å². The monoisotopic (exact) mass is 408 g/mol. The van der Waals surface area contributed by atoms with Crippen LogP contribution in [-0.4, -0.2) is 6.61 Å². The molecule has 2 unspecified atom stereocenters. The van der Waals surface area contributed by atoms with E-state index in [9.17, 15) is 0 Å². The summed E-state index contributed by atoms with van der Waals surface area (Å²) in [6.45, 7) is -2.45. The van der Waals surface area contributed by atoms with Gasteiger partial charge in [-0.2, -0.15) is 0 Å². The Morgan fingerprint density at radius 2 is 0.967 bits per heavy atom. The molecule has 1 saturated heterocycles. The molecule has 0 aromatic heterocycles. The summed E-state index contributed by atoms with van der Waals surface area (Å²) in [5.74, 6) is 0.540. The zero-order valence-electron chi connectivity index (χ0n) is 16.9. The molecule has 2 fully saturated rings. The van der Waals surface area contributed by atoms with Crippen molar-refractivity contribution in [2.45, 2.75) is 11.6 Å². The van der Waals surface area contributed by atoms with Gasteiger partial charge in [-0.1, -0.05) is 0 Å². The van der Waals surface area contributed by atoms with Crippen LogP contribution < -0.4 is 15.9 Å². The van der Waals surface area contributed by atoms with Gasteiger partial charge in [0.2, 0.25) is 0 Å². The van der Waals surface area contributed by atoms with Gasteiger partial charge in [0.15, 0.2) is 0 Å². The molecule has 6 rings (SSSR count). The van der Waals surface area contributed by atoms with Crippen LogP contribution in [0.2, 0.25) is 0 Å². The second-order valence-corrected chi connectivity index (χ2v) is 13.2. The molecule has 0 bridgehead atoms. The SMILES string of the molecule is c1ccc(C23CC2COP3(c2ccccc2)(c2ccccc2)c2ccccc2)cc1. The number of hydrogen-bond donors (Lipinski definition) is 0. The average molecular weight is 408 g/mol. The maximum atomic E-state index is 7.34. The van der Waals surface area contributed by atoms with E-state index in [-0.39, 0.29) is 5.16 Å². The molecule has 1 nitrogen and oxygen atoms in total. The molecule has 1 aliphatic heterocycles. The predicted octanol–water partition coefficient (Wildman–Crippen LogP) is 5.38. The van der Waals surface area contributed by atoms with E-state index in [2.05, 4.69) is 121 Å². The number of benzene rings is 4. The van der Waals surface area contributed by atoms with E-state index in [1.165, 1.54) is 27.9 Å². The van der Waals surface area contributed by atoms with Gasteiger partial charge in [-0.3, -0.25) is 0 Å². The number of hydrogen-bond acceptors (Lipinski definition) is 1. The van der Waals surface area contributed by atoms with Crippen LogP contribution in [0, 0.1) is 5.92 Å². The second kappa shape index (κ2) is 6.38. The predicted molar refractivity (Wildman–Crippen MR) is 127 cm³/mol. The molecule has 0 spiro atoms. The summed E-state index contributed by atoms with van der Waals surface area (Å²) in [7, 11) is 0. The van der Waals surface area contributed by atoms with Gasteiger partial charge in [0, 0.05) is 0 Å². The Kier molecular flexibility index (Phi) is 3.84. The Hall–Kier alpha value is -2.73. The molecule has 2 heteroatoms. The molecular weight excluding hydrogens is 383 g/mol. The topological polar surface area (TPSA) is 9.23 Å². The van der Waals surface area contributed by atoms with Gasteiger partial charge in [0.05, 0.1) is 0 Å². The first-order valence-corrected chi connectivity index (χ1v) is 12.9. The summed E-state index contributed by atoms with van der Waals surface area (Å²) >= 11 is 0. The fraction of sp³-hybridized carbons (Fsp3) is 0.143. The summed E-state index contributed by atoms with van der Waals surface area (Å²) in [4.78, 5) is 0. The van der Waals surface area contributed by atoms with Crippen molar-refractivity contribution in [3.8, 4) is 0 Å². The third-order valence-corrected chi connectivity index (χ3v) is 14.2. The van der Waals surface area contributed by atoms with Gasteiger partial charge in [-0.25, -0.2) is 0 Å². The average Bonchev–Trinajstić information content (AvgIpc) is 3.52. The Balaban J connectivity index is 1.84. The Morgan fingerprint density at radius 3 is 1.37 bits per heavy atom. The minimum absolute atomic E-state index is 0.0169. The van der Waals surface area contributed by atoms with Crippen molar-refractivity contribution in [1.29, 1.82) is 0 Å². The summed E-state index contributed by atoms with van der Waals surface area (Å²) in [6, 6.07) is 44.4. The molecule has 4 aromatic carbocycles. The molecule has 1 heterocycles. The first-order valence-electron chi connectivity index (χ1n) is 10.7. The molecule has 0 amide bonds. The van der Waals surface area contributed by atoms with Crippen molar-refractivity contribution in [2.24, 2.45) is 5.92 Å².